The molecule has 8 nitrogen and oxygen atoms in total. The number of hydrogen-bond donors (Lipinski definition) is 1. The molecule has 4 fully saturated rings. The van der Waals surface area contributed by atoms with Gasteiger partial charge in [0.15, 0.2) is 0 Å². The molecule has 4 aliphatic carbocycles. The lowest BCUT2D eigenvalue weighted by atomic mass is 9.62. The van der Waals surface area contributed by atoms with Crippen molar-refractivity contribution in [3.05, 3.63) is 49.6 Å². The molecule has 4 saturated carbocycles. The lowest BCUT2D eigenvalue weighted by Crippen LogP contribution is -2.38. The van der Waals surface area contributed by atoms with E-state index >= 15 is 0 Å². The van der Waals surface area contributed by atoms with Gasteiger partial charge in [-0.2, -0.15) is 5.10 Å². The van der Waals surface area contributed by atoms with Gasteiger partial charge in [0.25, 0.3) is 5.69 Å². The first-order valence-corrected chi connectivity index (χ1v) is 12.3. The molecule has 0 saturated heterocycles. The average Bonchev–Trinajstić information content (AvgIpc) is 3.47. The van der Waals surface area contributed by atoms with Crippen LogP contribution >= 0.6 is 0 Å². The Labute approximate surface area is 200 Å². The van der Waals surface area contributed by atoms with E-state index in [1.54, 1.807) is 5.57 Å². The minimum absolute atomic E-state index is 0.185. The van der Waals surface area contributed by atoms with Gasteiger partial charge in [-0.05, 0) is 71.3 Å². The zero-order valence-corrected chi connectivity index (χ0v) is 20.8. The van der Waals surface area contributed by atoms with Gasteiger partial charge in [-0.1, -0.05) is 47.1 Å². The van der Waals surface area contributed by atoms with Crippen LogP contribution in [0.5, 0.6) is 0 Å². The highest BCUT2D eigenvalue weighted by Gasteiger charge is 2.60. The molecule has 0 amide bonds. The molecule has 4 aliphatic rings. The number of nitrogens with one attached hydrogen (secondary N) is 1. The number of nitrogens with zero attached hydrogens (tertiary/aromatic N) is 3. The zero-order chi connectivity index (χ0) is 24.7. The topological polar surface area (TPSA) is 111 Å². The molecular weight excluding hydrogens is 432 g/mol. The fourth-order valence-electron chi connectivity index (χ4n) is 7.57. The number of hydrazone groups is 1. The van der Waals surface area contributed by atoms with Crippen molar-refractivity contribution in [1.29, 1.82) is 0 Å². The van der Waals surface area contributed by atoms with E-state index in [9.17, 15) is 20.2 Å². The van der Waals surface area contributed by atoms with Crippen LogP contribution in [-0.2, 0) is 0 Å². The molecule has 0 heterocycles. The maximum atomic E-state index is 11.6. The number of nitro benzene ring substituents is 2. The van der Waals surface area contributed by atoms with Crippen LogP contribution in [0.2, 0.25) is 0 Å². The van der Waals surface area contributed by atoms with Gasteiger partial charge in [0.2, 0.25) is 0 Å². The SMILES string of the molecule is C[C@@H]1[C@@H]2C[C@H](CC2=C2/C(=N\Nc3ccc([N+](=O)[O-])cc3[N+](=O)[O-])[C@@H]3C[C@@H]2C(C)(C)[C@H]3C)C1(C)C. The fraction of sp³-hybridized carbons (Fsp3) is 0.654. The number of fused-ring (bicyclic) bond motifs is 4. The van der Waals surface area contributed by atoms with Crippen LogP contribution in [0.25, 0.3) is 0 Å². The summed E-state index contributed by atoms with van der Waals surface area (Å²) < 4.78 is 0. The Morgan fingerprint density at radius 2 is 1.65 bits per heavy atom. The van der Waals surface area contributed by atoms with Gasteiger partial charge in [0.05, 0.1) is 21.6 Å². The van der Waals surface area contributed by atoms with E-state index in [-0.39, 0.29) is 22.5 Å². The minimum atomic E-state index is -0.622. The van der Waals surface area contributed by atoms with Crippen molar-refractivity contribution in [2.75, 3.05) is 5.43 Å². The first kappa shape index (κ1) is 23.0. The Morgan fingerprint density at radius 1 is 0.971 bits per heavy atom. The normalized spacial score (nSPS) is 38.0. The van der Waals surface area contributed by atoms with Crippen LogP contribution in [0.3, 0.4) is 0 Å². The van der Waals surface area contributed by atoms with Gasteiger partial charge >= 0.3 is 5.69 Å². The van der Waals surface area contributed by atoms with E-state index in [1.165, 1.54) is 24.1 Å². The van der Waals surface area contributed by atoms with Crippen molar-refractivity contribution in [2.45, 2.75) is 60.8 Å². The molecule has 1 aromatic rings. The third-order valence-electron chi connectivity index (χ3n) is 10.5. The van der Waals surface area contributed by atoms with Crippen LogP contribution in [0, 0.1) is 66.6 Å². The highest BCUT2D eigenvalue weighted by atomic mass is 16.6. The summed E-state index contributed by atoms with van der Waals surface area (Å²) in [6.45, 7) is 14.2. The van der Waals surface area contributed by atoms with Gasteiger partial charge < -0.3 is 0 Å². The van der Waals surface area contributed by atoms with Gasteiger partial charge in [0, 0.05) is 12.0 Å². The smallest absolute Gasteiger partial charge is 0.271 e. The lowest BCUT2D eigenvalue weighted by Gasteiger charge is -2.42. The molecule has 0 spiro atoms. The van der Waals surface area contributed by atoms with Crippen LogP contribution in [-0.4, -0.2) is 15.6 Å². The highest BCUT2D eigenvalue weighted by Crippen LogP contribution is 2.67. The van der Waals surface area contributed by atoms with Crippen LogP contribution in [0.4, 0.5) is 17.1 Å². The molecule has 0 unspecified atom stereocenters. The maximum absolute atomic E-state index is 11.6. The average molecular weight is 467 g/mol. The van der Waals surface area contributed by atoms with Crippen LogP contribution in [0.15, 0.2) is 34.4 Å². The predicted molar refractivity (Wildman–Crippen MR) is 132 cm³/mol. The summed E-state index contributed by atoms with van der Waals surface area (Å²) in [5.41, 5.74) is 7.06. The van der Waals surface area contributed by atoms with Crippen molar-refractivity contribution in [3.8, 4) is 0 Å². The van der Waals surface area contributed by atoms with Gasteiger partial charge in [-0.25, -0.2) is 0 Å². The van der Waals surface area contributed by atoms with E-state index in [0.717, 1.165) is 24.6 Å². The van der Waals surface area contributed by atoms with Crippen LogP contribution in [0.1, 0.15) is 60.8 Å². The number of allylic oxidation sites excluding steroid dienone is 2. The Hall–Kier alpha value is -2.77. The third-order valence-corrected chi connectivity index (χ3v) is 10.5. The standard InChI is InChI=1S/C26H34N4O4/c1-13-17-9-15(25(13,3)4)10-19(17)23-20-12-18(14(2)26(20,5)6)24(23)28-27-21-8-7-16(29(31)32)11-22(21)30(33)34/h7-8,11,13-15,17-18,20,27H,9-10,12H2,1-6H3/b23-19?,28-24-/t13-,14+,15-,17+,18-,20+/m1/s1. The molecule has 1 aromatic carbocycles. The van der Waals surface area contributed by atoms with E-state index in [0.29, 0.717) is 40.9 Å². The summed E-state index contributed by atoms with van der Waals surface area (Å²) in [5.74, 6) is 3.12. The van der Waals surface area contributed by atoms with Crippen molar-refractivity contribution in [2.24, 2.45) is 51.4 Å². The molecule has 0 radical (unpaired) electrons. The van der Waals surface area contributed by atoms with E-state index in [4.69, 9.17) is 5.10 Å². The summed E-state index contributed by atoms with van der Waals surface area (Å²) in [4.78, 5) is 21.5. The molecular formula is C26H34N4O4. The summed E-state index contributed by atoms with van der Waals surface area (Å²) >= 11 is 0. The number of non-ortho nitro benzene ring substituents is 1. The number of hydrogen-bond acceptors (Lipinski definition) is 6. The van der Waals surface area contributed by atoms with Crippen molar-refractivity contribution < 1.29 is 9.85 Å². The summed E-state index contributed by atoms with van der Waals surface area (Å²) in [5, 5.41) is 27.5. The van der Waals surface area contributed by atoms with Gasteiger partial charge in [-0.3, -0.25) is 25.7 Å². The molecule has 0 aliphatic heterocycles. The zero-order valence-electron chi connectivity index (χ0n) is 20.8. The monoisotopic (exact) mass is 466 g/mol. The number of anilines is 1. The second-order valence-electron chi connectivity index (χ2n) is 12.1. The summed E-state index contributed by atoms with van der Waals surface area (Å²) in [7, 11) is 0. The lowest BCUT2D eigenvalue weighted by molar-refractivity contribution is -0.393. The molecule has 6 atom stereocenters. The predicted octanol–water partition coefficient (Wildman–Crippen LogP) is 6.58. The highest BCUT2D eigenvalue weighted by molar-refractivity contribution is 6.07. The minimum Gasteiger partial charge on any atom is -0.271 e. The second-order valence-corrected chi connectivity index (χ2v) is 12.1. The molecule has 8 heteroatoms. The number of rotatable bonds is 4. The van der Waals surface area contributed by atoms with Crippen molar-refractivity contribution >= 4 is 22.8 Å². The molecule has 182 valence electrons. The Balaban J connectivity index is 1.56. The van der Waals surface area contributed by atoms with Gasteiger partial charge in [0.1, 0.15) is 5.69 Å². The fourth-order valence-corrected chi connectivity index (χ4v) is 7.57. The summed E-state index contributed by atoms with van der Waals surface area (Å²) in [6, 6.07) is 3.66. The maximum Gasteiger partial charge on any atom is 0.301 e. The largest absolute Gasteiger partial charge is 0.301 e. The van der Waals surface area contributed by atoms with E-state index < -0.39 is 9.85 Å². The summed E-state index contributed by atoms with van der Waals surface area (Å²) in [6.07, 6.45) is 3.45. The number of nitro groups is 2. The molecule has 34 heavy (non-hydrogen) atoms. The number of benzene rings is 1. The first-order valence-electron chi connectivity index (χ1n) is 12.3. The quantitative estimate of drug-likeness (QED) is 0.398. The Morgan fingerprint density at radius 3 is 2.24 bits per heavy atom. The van der Waals surface area contributed by atoms with E-state index in [2.05, 4.69) is 47.0 Å². The van der Waals surface area contributed by atoms with Crippen molar-refractivity contribution in [1.82, 2.24) is 0 Å². The molecule has 1 N–H and O–H groups in total. The van der Waals surface area contributed by atoms with Gasteiger partial charge in [-0.15, -0.1) is 0 Å². The van der Waals surface area contributed by atoms with Crippen LogP contribution < -0.4 is 5.43 Å². The Kier molecular flexibility index (Phi) is 4.98. The molecule has 4 bridgehead atoms. The second kappa shape index (κ2) is 7.36. The molecule has 0 aromatic heterocycles. The third kappa shape index (κ3) is 3.06. The Bertz CT molecular complexity index is 1150. The first-order chi connectivity index (χ1) is 15.9. The molecule has 5 rings (SSSR count). The van der Waals surface area contributed by atoms with E-state index in [1.807, 2.05) is 0 Å². The van der Waals surface area contributed by atoms with Crippen molar-refractivity contribution in [3.63, 3.8) is 0 Å².